The summed E-state index contributed by atoms with van der Waals surface area (Å²) in [4.78, 5) is 14.1. The van der Waals surface area contributed by atoms with Crippen LogP contribution in [0.1, 0.15) is 5.56 Å². The molecule has 0 atom stereocenters. The van der Waals surface area contributed by atoms with Crippen LogP contribution in [0, 0.1) is 10.1 Å². The normalized spacial score (nSPS) is 9.86. The molecule has 2 aromatic rings. The maximum absolute atomic E-state index is 10.6. The Bertz CT molecular complexity index is 582. The van der Waals surface area contributed by atoms with Crippen LogP contribution in [-0.2, 0) is 10.6 Å². The van der Waals surface area contributed by atoms with Gasteiger partial charge in [-0.15, -0.1) is 0 Å². The van der Waals surface area contributed by atoms with E-state index >= 15 is 0 Å². The lowest BCUT2D eigenvalue weighted by Gasteiger charge is -2.16. The van der Waals surface area contributed by atoms with Crippen molar-refractivity contribution in [2.24, 2.45) is 0 Å². The highest BCUT2D eigenvalue weighted by Crippen LogP contribution is 2.23. The molecule has 0 radical (unpaired) electrons. The van der Waals surface area contributed by atoms with Gasteiger partial charge in [-0.25, -0.2) is 0 Å². The number of aromatic nitrogens is 1. The minimum Gasteiger partial charge on any atom is -0.296 e. The Morgan fingerprint density at radius 1 is 1.23 bits per heavy atom. The maximum atomic E-state index is 10.6. The Kier molecular flexibility index (Phi) is 7.72. The molecule has 0 saturated heterocycles. The Hall–Kier alpha value is -1.77. The van der Waals surface area contributed by atoms with Crippen molar-refractivity contribution < 1.29 is 9.11 Å². The van der Waals surface area contributed by atoms with Crippen molar-refractivity contribution in [2.45, 2.75) is 6.42 Å². The number of pyridine rings is 1. The predicted molar refractivity (Wildman–Crippen MR) is 93.4 cm³/mol. The van der Waals surface area contributed by atoms with E-state index in [0.29, 0.717) is 6.61 Å². The number of hydrogen-bond donors (Lipinski definition) is 0. The average molecular weight is 339 g/mol. The van der Waals surface area contributed by atoms with Gasteiger partial charge in [-0.3, -0.25) is 23.6 Å². The SMILES string of the molecule is CN(SOCCc1ccncc1)c1ccc([N+](=O)[O-])cc1.S. The summed E-state index contributed by atoms with van der Waals surface area (Å²) >= 11 is 1.21. The van der Waals surface area contributed by atoms with Crippen molar-refractivity contribution in [1.29, 1.82) is 0 Å². The van der Waals surface area contributed by atoms with Crippen molar-refractivity contribution >= 4 is 37.1 Å². The first-order chi connectivity index (χ1) is 10.2. The van der Waals surface area contributed by atoms with Gasteiger partial charge in [0.2, 0.25) is 0 Å². The smallest absolute Gasteiger partial charge is 0.269 e. The highest BCUT2D eigenvalue weighted by atomic mass is 32.2. The molecular formula is C14H17N3O3S2. The van der Waals surface area contributed by atoms with Crippen LogP contribution in [0.5, 0.6) is 0 Å². The molecule has 0 fully saturated rings. The predicted octanol–water partition coefficient (Wildman–Crippen LogP) is 3.36. The van der Waals surface area contributed by atoms with Crippen LogP contribution in [-0.4, -0.2) is 23.6 Å². The van der Waals surface area contributed by atoms with E-state index in [-0.39, 0.29) is 19.2 Å². The van der Waals surface area contributed by atoms with Gasteiger partial charge in [-0.1, -0.05) is 0 Å². The molecule has 22 heavy (non-hydrogen) atoms. The molecule has 1 aromatic carbocycles. The summed E-state index contributed by atoms with van der Waals surface area (Å²) < 4.78 is 7.34. The number of hydrogen-bond acceptors (Lipinski definition) is 6. The molecule has 0 aliphatic rings. The van der Waals surface area contributed by atoms with Crippen molar-refractivity contribution in [3.8, 4) is 0 Å². The summed E-state index contributed by atoms with van der Waals surface area (Å²) in [5.74, 6) is 0. The van der Waals surface area contributed by atoms with Crippen molar-refractivity contribution in [3.05, 3.63) is 64.5 Å². The highest BCUT2D eigenvalue weighted by Gasteiger charge is 2.07. The summed E-state index contributed by atoms with van der Waals surface area (Å²) in [6.07, 6.45) is 4.32. The van der Waals surface area contributed by atoms with Crippen LogP contribution < -0.4 is 4.31 Å². The van der Waals surface area contributed by atoms with E-state index in [1.165, 1.54) is 29.9 Å². The average Bonchev–Trinajstić information content (AvgIpc) is 2.52. The fourth-order valence-corrected chi connectivity index (χ4v) is 2.18. The largest absolute Gasteiger partial charge is 0.296 e. The zero-order chi connectivity index (χ0) is 15.1. The number of nitrogens with zero attached hydrogens (tertiary/aromatic N) is 3. The second kappa shape index (κ2) is 9.29. The molecule has 1 aromatic heterocycles. The fourth-order valence-electron chi connectivity index (χ4n) is 1.65. The standard InChI is InChI=1S/C14H15N3O3S.H2S/c1-16(13-2-4-14(5-3-13)17(18)19)21-20-11-8-12-6-9-15-10-7-12;/h2-7,9-10H,8,11H2,1H3;1H2. The molecule has 2 rings (SSSR count). The van der Waals surface area contributed by atoms with Crippen LogP contribution in [0.4, 0.5) is 11.4 Å². The van der Waals surface area contributed by atoms with Crippen LogP contribution in [0.2, 0.25) is 0 Å². The van der Waals surface area contributed by atoms with E-state index in [2.05, 4.69) is 4.98 Å². The van der Waals surface area contributed by atoms with Gasteiger partial charge in [-0.05, 0) is 36.2 Å². The number of nitro groups is 1. The minimum absolute atomic E-state index is 0. The summed E-state index contributed by atoms with van der Waals surface area (Å²) in [5, 5.41) is 10.6. The fraction of sp³-hybridized carbons (Fsp3) is 0.214. The molecule has 1 heterocycles. The molecule has 118 valence electrons. The second-order valence-corrected chi connectivity index (χ2v) is 5.21. The molecule has 0 unspecified atom stereocenters. The summed E-state index contributed by atoms with van der Waals surface area (Å²) in [5.41, 5.74) is 2.09. The lowest BCUT2D eigenvalue weighted by Crippen LogP contribution is -2.08. The van der Waals surface area contributed by atoms with E-state index in [4.69, 9.17) is 4.18 Å². The zero-order valence-corrected chi connectivity index (χ0v) is 13.8. The van der Waals surface area contributed by atoms with Gasteiger partial charge in [0.1, 0.15) is 12.2 Å². The van der Waals surface area contributed by atoms with Crippen LogP contribution in [0.15, 0.2) is 48.8 Å². The van der Waals surface area contributed by atoms with Crippen LogP contribution >= 0.6 is 25.7 Å². The first-order valence-corrected chi connectivity index (χ1v) is 7.03. The van der Waals surface area contributed by atoms with E-state index in [0.717, 1.165) is 12.1 Å². The van der Waals surface area contributed by atoms with Crippen LogP contribution in [0.25, 0.3) is 0 Å². The lowest BCUT2D eigenvalue weighted by molar-refractivity contribution is -0.384. The molecule has 0 amide bonds. The number of nitro benzene ring substituents is 1. The van der Waals surface area contributed by atoms with Crippen molar-refractivity contribution in [2.75, 3.05) is 18.0 Å². The van der Waals surface area contributed by atoms with E-state index in [1.807, 2.05) is 23.5 Å². The number of benzene rings is 1. The van der Waals surface area contributed by atoms with E-state index < -0.39 is 4.92 Å². The maximum Gasteiger partial charge on any atom is 0.269 e. The lowest BCUT2D eigenvalue weighted by atomic mass is 10.2. The molecule has 0 spiro atoms. The number of anilines is 1. The van der Waals surface area contributed by atoms with Crippen LogP contribution in [0.3, 0.4) is 0 Å². The topological polar surface area (TPSA) is 68.5 Å². The monoisotopic (exact) mass is 339 g/mol. The van der Waals surface area contributed by atoms with Gasteiger partial charge < -0.3 is 0 Å². The van der Waals surface area contributed by atoms with Gasteiger partial charge in [0.25, 0.3) is 5.69 Å². The zero-order valence-electron chi connectivity index (χ0n) is 12.0. The molecule has 0 N–H and O–H groups in total. The molecule has 0 aliphatic heterocycles. The molecule has 8 heteroatoms. The van der Waals surface area contributed by atoms with Gasteiger partial charge in [-0.2, -0.15) is 13.5 Å². The van der Waals surface area contributed by atoms with Crippen molar-refractivity contribution in [1.82, 2.24) is 4.98 Å². The Morgan fingerprint density at radius 3 is 2.45 bits per heavy atom. The second-order valence-electron chi connectivity index (χ2n) is 4.27. The number of rotatable bonds is 7. The summed E-state index contributed by atoms with van der Waals surface area (Å²) in [7, 11) is 1.85. The Labute approximate surface area is 140 Å². The molecule has 0 saturated carbocycles. The molecular weight excluding hydrogens is 322 g/mol. The summed E-state index contributed by atoms with van der Waals surface area (Å²) in [6.45, 7) is 0.575. The van der Waals surface area contributed by atoms with Gasteiger partial charge in [0.05, 0.1) is 11.5 Å². The third kappa shape index (κ3) is 5.55. The van der Waals surface area contributed by atoms with Gasteiger partial charge in [0, 0.05) is 37.3 Å². The molecule has 6 nitrogen and oxygen atoms in total. The quantitative estimate of drug-likeness (QED) is 0.253. The molecule has 0 aliphatic carbocycles. The first kappa shape index (κ1) is 18.3. The first-order valence-electron chi connectivity index (χ1n) is 6.33. The summed E-state index contributed by atoms with van der Waals surface area (Å²) in [6, 6.07) is 10.2. The van der Waals surface area contributed by atoms with E-state index in [1.54, 1.807) is 24.5 Å². The van der Waals surface area contributed by atoms with Gasteiger partial charge >= 0.3 is 0 Å². The van der Waals surface area contributed by atoms with E-state index in [9.17, 15) is 10.1 Å². The Morgan fingerprint density at radius 2 is 1.86 bits per heavy atom. The third-order valence-electron chi connectivity index (χ3n) is 2.81. The molecule has 0 bridgehead atoms. The third-order valence-corrected chi connectivity index (χ3v) is 3.52. The van der Waals surface area contributed by atoms with Crippen molar-refractivity contribution in [3.63, 3.8) is 0 Å². The Balaban J connectivity index is 0.00000242. The highest BCUT2D eigenvalue weighted by molar-refractivity contribution is 7.96. The minimum atomic E-state index is -0.415. The number of non-ortho nitro benzene ring substituents is 1. The van der Waals surface area contributed by atoms with Gasteiger partial charge in [0.15, 0.2) is 0 Å².